The van der Waals surface area contributed by atoms with Crippen molar-refractivity contribution in [3.63, 3.8) is 0 Å². The molecule has 0 aliphatic rings. The molecular formula is C11H15NO2. The van der Waals surface area contributed by atoms with E-state index >= 15 is 0 Å². The largest absolute Gasteiger partial charge is 0.412 e. The molecule has 0 unspecified atom stereocenters. The lowest BCUT2D eigenvalue weighted by Crippen LogP contribution is -2.26. The number of hydrogen-bond donors (Lipinski definition) is 1. The minimum Gasteiger partial charge on any atom is -0.410 e. The molecule has 0 atom stereocenters. The number of carbonyl (C=O) groups excluding carboxylic acids is 1. The Hall–Kier alpha value is -1.51. The number of amides is 1. The van der Waals surface area contributed by atoms with Gasteiger partial charge in [-0.1, -0.05) is 19.1 Å². The van der Waals surface area contributed by atoms with Crippen molar-refractivity contribution in [2.45, 2.75) is 20.3 Å². The van der Waals surface area contributed by atoms with Gasteiger partial charge in [0.25, 0.3) is 0 Å². The average molecular weight is 193 g/mol. The van der Waals surface area contributed by atoms with Crippen LogP contribution in [0.1, 0.15) is 19.4 Å². The predicted octanol–water partition coefficient (Wildman–Crippen LogP) is 2.36. The van der Waals surface area contributed by atoms with Crippen LogP contribution in [0.15, 0.2) is 24.3 Å². The maximum absolute atomic E-state index is 11.1. The zero-order valence-electron chi connectivity index (χ0n) is 8.54. The Kier molecular flexibility index (Phi) is 3.98. The molecule has 0 saturated heterocycles. The van der Waals surface area contributed by atoms with Crippen molar-refractivity contribution >= 4 is 6.09 Å². The summed E-state index contributed by atoms with van der Waals surface area (Å²) in [6.07, 6.45) is 0.535. The van der Waals surface area contributed by atoms with Gasteiger partial charge in [-0.05, 0) is 31.0 Å². The van der Waals surface area contributed by atoms with E-state index in [1.54, 1.807) is 6.07 Å². The summed E-state index contributed by atoms with van der Waals surface area (Å²) in [5, 5.41) is 2.57. The molecule has 1 N–H and O–H groups in total. The Morgan fingerprint density at radius 1 is 1.43 bits per heavy atom. The van der Waals surface area contributed by atoms with E-state index in [0.29, 0.717) is 12.3 Å². The Labute approximate surface area is 84.1 Å². The van der Waals surface area contributed by atoms with Crippen LogP contribution in [0.5, 0.6) is 5.75 Å². The molecule has 0 aliphatic carbocycles. The molecule has 3 heteroatoms. The third-order valence-electron chi connectivity index (χ3n) is 1.84. The van der Waals surface area contributed by atoms with Crippen LogP contribution in [0.3, 0.4) is 0 Å². The van der Waals surface area contributed by atoms with Crippen LogP contribution in [0.4, 0.5) is 4.79 Å². The summed E-state index contributed by atoms with van der Waals surface area (Å²) < 4.78 is 5.05. The van der Waals surface area contributed by atoms with Gasteiger partial charge in [0.2, 0.25) is 0 Å². The molecule has 0 aromatic heterocycles. The van der Waals surface area contributed by atoms with Crippen LogP contribution in [-0.4, -0.2) is 12.6 Å². The van der Waals surface area contributed by atoms with E-state index in [1.165, 1.54) is 0 Å². The molecule has 3 nitrogen and oxygen atoms in total. The van der Waals surface area contributed by atoms with Crippen LogP contribution in [0.25, 0.3) is 0 Å². The molecular weight excluding hydrogens is 178 g/mol. The van der Waals surface area contributed by atoms with Crippen molar-refractivity contribution in [2.75, 3.05) is 6.54 Å². The van der Waals surface area contributed by atoms with Gasteiger partial charge < -0.3 is 10.1 Å². The predicted molar refractivity (Wildman–Crippen MR) is 55.5 cm³/mol. The van der Waals surface area contributed by atoms with Crippen molar-refractivity contribution in [1.82, 2.24) is 5.32 Å². The fourth-order valence-corrected chi connectivity index (χ4v) is 1.12. The first-order valence-corrected chi connectivity index (χ1v) is 4.81. The van der Waals surface area contributed by atoms with E-state index in [2.05, 4.69) is 12.2 Å². The summed E-state index contributed by atoms with van der Waals surface area (Å²) in [4.78, 5) is 11.1. The van der Waals surface area contributed by atoms with Crippen LogP contribution in [0.2, 0.25) is 0 Å². The van der Waals surface area contributed by atoms with E-state index in [1.807, 2.05) is 25.1 Å². The SMILES string of the molecule is CCNC(=O)Oc1cccc(CC)c1. The Balaban J connectivity index is 2.62. The summed E-state index contributed by atoms with van der Waals surface area (Å²) in [5.74, 6) is 0.593. The monoisotopic (exact) mass is 193 g/mol. The fourth-order valence-electron chi connectivity index (χ4n) is 1.12. The van der Waals surface area contributed by atoms with E-state index < -0.39 is 6.09 Å². The second-order valence-electron chi connectivity index (χ2n) is 2.92. The zero-order valence-corrected chi connectivity index (χ0v) is 8.54. The van der Waals surface area contributed by atoms with Crippen LogP contribution in [-0.2, 0) is 6.42 Å². The summed E-state index contributed by atoms with van der Waals surface area (Å²) in [6.45, 7) is 4.49. The van der Waals surface area contributed by atoms with Crippen molar-refractivity contribution in [3.8, 4) is 5.75 Å². The Morgan fingerprint density at radius 2 is 2.21 bits per heavy atom. The Bertz CT molecular complexity index is 310. The quantitative estimate of drug-likeness (QED) is 0.800. The minimum absolute atomic E-state index is 0.402. The number of benzene rings is 1. The molecule has 0 saturated carbocycles. The molecule has 0 spiro atoms. The number of hydrogen-bond acceptors (Lipinski definition) is 2. The molecule has 1 rings (SSSR count). The lowest BCUT2D eigenvalue weighted by Gasteiger charge is -2.05. The highest BCUT2D eigenvalue weighted by molar-refractivity contribution is 5.70. The second-order valence-corrected chi connectivity index (χ2v) is 2.92. The lowest BCUT2D eigenvalue weighted by atomic mass is 10.2. The number of aryl methyl sites for hydroxylation is 1. The van der Waals surface area contributed by atoms with E-state index in [0.717, 1.165) is 12.0 Å². The number of carbonyl (C=O) groups is 1. The zero-order chi connectivity index (χ0) is 10.4. The summed E-state index contributed by atoms with van der Waals surface area (Å²) >= 11 is 0. The maximum atomic E-state index is 11.1. The highest BCUT2D eigenvalue weighted by Crippen LogP contribution is 2.13. The first-order valence-electron chi connectivity index (χ1n) is 4.81. The molecule has 1 aromatic carbocycles. The van der Waals surface area contributed by atoms with Crippen LogP contribution >= 0.6 is 0 Å². The van der Waals surface area contributed by atoms with Gasteiger partial charge in [0.1, 0.15) is 5.75 Å². The standard InChI is InChI=1S/C11H15NO2/c1-3-9-6-5-7-10(8-9)14-11(13)12-4-2/h5-8H,3-4H2,1-2H3,(H,12,13). The highest BCUT2D eigenvalue weighted by Gasteiger charge is 2.01. The van der Waals surface area contributed by atoms with Gasteiger partial charge in [0, 0.05) is 6.54 Å². The molecule has 0 radical (unpaired) electrons. The van der Waals surface area contributed by atoms with Crippen LogP contribution < -0.4 is 10.1 Å². The summed E-state index contributed by atoms with van der Waals surface area (Å²) in [6, 6.07) is 7.53. The molecule has 0 fully saturated rings. The maximum Gasteiger partial charge on any atom is 0.412 e. The van der Waals surface area contributed by atoms with Gasteiger partial charge in [-0.15, -0.1) is 0 Å². The molecule has 0 bridgehead atoms. The van der Waals surface area contributed by atoms with E-state index in [4.69, 9.17) is 4.74 Å². The third kappa shape index (κ3) is 3.09. The van der Waals surface area contributed by atoms with Crippen molar-refractivity contribution in [2.24, 2.45) is 0 Å². The van der Waals surface area contributed by atoms with Crippen LogP contribution in [0, 0.1) is 0 Å². The fraction of sp³-hybridized carbons (Fsp3) is 0.364. The van der Waals surface area contributed by atoms with Gasteiger partial charge in [-0.25, -0.2) is 4.79 Å². The summed E-state index contributed by atoms with van der Waals surface area (Å²) in [7, 11) is 0. The molecule has 76 valence electrons. The first kappa shape index (κ1) is 10.6. The highest BCUT2D eigenvalue weighted by atomic mass is 16.5. The number of ether oxygens (including phenoxy) is 1. The topological polar surface area (TPSA) is 38.3 Å². The normalized spacial score (nSPS) is 9.57. The van der Waals surface area contributed by atoms with Crippen molar-refractivity contribution < 1.29 is 9.53 Å². The van der Waals surface area contributed by atoms with Crippen molar-refractivity contribution in [1.29, 1.82) is 0 Å². The average Bonchev–Trinajstić information content (AvgIpc) is 2.18. The first-order chi connectivity index (χ1) is 6.76. The smallest absolute Gasteiger partial charge is 0.410 e. The molecule has 0 heterocycles. The molecule has 1 amide bonds. The van der Waals surface area contributed by atoms with E-state index in [-0.39, 0.29) is 0 Å². The number of rotatable bonds is 3. The van der Waals surface area contributed by atoms with E-state index in [9.17, 15) is 4.79 Å². The third-order valence-corrected chi connectivity index (χ3v) is 1.84. The number of nitrogens with one attached hydrogen (secondary N) is 1. The van der Waals surface area contributed by atoms with Gasteiger partial charge >= 0.3 is 6.09 Å². The summed E-state index contributed by atoms with van der Waals surface area (Å²) in [5.41, 5.74) is 1.16. The van der Waals surface area contributed by atoms with Crippen molar-refractivity contribution in [3.05, 3.63) is 29.8 Å². The molecule has 1 aromatic rings. The second kappa shape index (κ2) is 5.27. The molecule has 14 heavy (non-hydrogen) atoms. The molecule has 0 aliphatic heterocycles. The van der Waals surface area contributed by atoms with Gasteiger partial charge in [-0.3, -0.25) is 0 Å². The van der Waals surface area contributed by atoms with Gasteiger partial charge in [0.15, 0.2) is 0 Å². The Morgan fingerprint density at radius 3 is 2.86 bits per heavy atom. The lowest BCUT2D eigenvalue weighted by molar-refractivity contribution is 0.201. The van der Waals surface area contributed by atoms with Gasteiger partial charge in [-0.2, -0.15) is 0 Å². The minimum atomic E-state index is -0.402. The van der Waals surface area contributed by atoms with Gasteiger partial charge in [0.05, 0.1) is 0 Å².